The zero-order chi connectivity index (χ0) is 13.0. The quantitative estimate of drug-likeness (QED) is 0.786. The first kappa shape index (κ1) is 12.1. The molecule has 5 heteroatoms. The molecule has 0 aliphatic carbocycles. The van der Waals surface area contributed by atoms with Gasteiger partial charge in [-0.2, -0.15) is 0 Å². The van der Waals surface area contributed by atoms with E-state index < -0.39 is 0 Å². The van der Waals surface area contributed by atoms with E-state index in [0.29, 0.717) is 5.82 Å². The van der Waals surface area contributed by atoms with E-state index in [1.54, 1.807) is 12.3 Å². The summed E-state index contributed by atoms with van der Waals surface area (Å²) >= 11 is 0. The summed E-state index contributed by atoms with van der Waals surface area (Å²) < 4.78 is 0. The molecule has 0 radical (unpaired) electrons. The average Bonchev–Trinajstić information content (AvgIpc) is 2.43. The second-order valence-corrected chi connectivity index (χ2v) is 3.69. The highest BCUT2D eigenvalue weighted by molar-refractivity contribution is 6.08. The standard InChI is InChI=1S/C13H13N5/c1-15-7-10(6-14)9-5-12-11(17-8-9)3-4-13(16-2)18-12/h3-8,14-15H,2H2,1H3/p+1/b10-7+,14-6?. The Morgan fingerprint density at radius 3 is 2.94 bits per heavy atom. The molecular formula is C13H14N5+. The number of pyridine rings is 2. The maximum atomic E-state index is 7.40. The van der Waals surface area contributed by atoms with Crippen LogP contribution >= 0.6 is 0 Å². The molecule has 0 unspecified atom stereocenters. The van der Waals surface area contributed by atoms with Gasteiger partial charge in [0.05, 0.1) is 23.7 Å². The smallest absolute Gasteiger partial charge is 0.151 e. The number of quaternary nitrogens is 1. The van der Waals surface area contributed by atoms with Crippen molar-refractivity contribution in [1.82, 2.24) is 9.97 Å². The van der Waals surface area contributed by atoms with E-state index >= 15 is 0 Å². The van der Waals surface area contributed by atoms with E-state index in [4.69, 9.17) is 5.41 Å². The molecule has 90 valence electrons. The van der Waals surface area contributed by atoms with Crippen molar-refractivity contribution in [3.05, 3.63) is 36.2 Å². The van der Waals surface area contributed by atoms with Crippen LogP contribution in [0.4, 0.5) is 5.82 Å². The number of aromatic nitrogens is 2. The molecule has 0 fully saturated rings. The van der Waals surface area contributed by atoms with Crippen LogP contribution in [0.15, 0.2) is 35.6 Å². The van der Waals surface area contributed by atoms with Crippen LogP contribution < -0.4 is 5.32 Å². The van der Waals surface area contributed by atoms with Crippen molar-refractivity contribution in [2.45, 2.75) is 0 Å². The van der Waals surface area contributed by atoms with Gasteiger partial charge in [0, 0.05) is 18.0 Å². The second-order valence-electron chi connectivity index (χ2n) is 3.69. The Labute approximate surface area is 105 Å². The van der Waals surface area contributed by atoms with Crippen molar-refractivity contribution in [2.75, 3.05) is 7.05 Å². The van der Waals surface area contributed by atoms with Gasteiger partial charge in [-0.05, 0) is 24.9 Å². The molecule has 5 nitrogen and oxygen atoms in total. The summed E-state index contributed by atoms with van der Waals surface area (Å²) in [4.78, 5) is 12.4. The van der Waals surface area contributed by atoms with Gasteiger partial charge < -0.3 is 10.7 Å². The SMILES string of the molecule is C=Nc1ccc2ncc(/C(C=N)=C/[NH2+]C)cc2n1. The first-order valence-corrected chi connectivity index (χ1v) is 5.52. The number of aliphatic imine (C=N–C) groups is 1. The minimum Gasteiger partial charge on any atom is -0.322 e. The summed E-state index contributed by atoms with van der Waals surface area (Å²) in [6, 6.07) is 5.53. The van der Waals surface area contributed by atoms with E-state index in [1.807, 2.05) is 30.7 Å². The van der Waals surface area contributed by atoms with Gasteiger partial charge >= 0.3 is 0 Å². The summed E-state index contributed by atoms with van der Waals surface area (Å²) in [5, 5.41) is 9.29. The van der Waals surface area contributed by atoms with Crippen molar-refractivity contribution < 1.29 is 5.32 Å². The van der Waals surface area contributed by atoms with Crippen LogP contribution in [0.3, 0.4) is 0 Å². The third-order valence-corrected chi connectivity index (χ3v) is 2.52. The molecule has 0 spiro atoms. The van der Waals surface area contributed by atoms with Crippen LogP contribution in [-0.2, 0) is 0 Å². The van der Waals surface area contributed by atoms with Crippen LogP contribution in [0.1, 0.15) is 5.56 Å². The number of nitrogens with two attached hydrogens (primary N) is 1. The van der Waals surface area contributed by atoms with Crippen molar-refractivity contribution in [1.29, 1.82) is 5.41 Å². The Balaban J connectivity index is 2.57. The van der Waals surface area contributed by atoms with Crippen molar-refractivity contribution in [3.8, 4) is 0 Å². The topological polar surface area (TPSA) is 78.6 Å². The lowest BCUT2D eigenvalue weighted by Crippen LogP contribution is -2.72. The second kappa shape index (κ2) is 5.29. The number of nitrogens with one attached hydrogen (secondary N) is 1. The maximum Gasteiger partial charge on any atom is 0.151 e. The summed E-state index contributed by atoms with van der Waals surface area (Å²) in [5.74, 6) is 0.573. The third kappa shape index (κ3) is 2.31. The van der Waals surface area contributed by atoms with E-state index in [9.17, 15) is 0 Å². The molecule has 3 N–H and O–H groups in total. The van der Waals surface area contributed by atoms with Gasteiger partial charge in [0.1, 0.15) is 6.20 Å². The lowest BCUT2D eigenvalue weighted by molar-refractivity contribution is -0.555. The molecule has 2 heterocycles. The normalized spacial score (nSPS) is 11.5. The summed E-state index contributed by atoms with van der Waals surface area (Å²) in [6.07, 6.45) is 4.91. The number of nitrogens with zero attached hydrogens (tertiary/aromatic N) is 3. The van der Waals surface area contributed by atoms with Gasteiger partial charge in [0.15, 0.2) is 5.82 Å². The van der Waals surface area contributed by atoms with E-state index in [2.05, 4.69) is 21.7 Å². The molecule has 2 aromatic heterocycles. The summed E-state index contributed by atoms with van der Waals surface area (Å²) in [5.41, 5.74) is 3.21. The fourth-order valence-corrected chi connectivity index (χ4v) is 1.65. The highest BCUT2D eigenvalue weighted by atomic mass is 14.9. The lowest BCUT2D eigenvalue weighted by Gasteiger charge is -2.02. The summed E-state index contributed by atoms with van der Waals surface area (Å²) in [6.45, 7) is 3.46. The molecule has 2 aromatic rings. The zero-order valence-electron chi connectivity index (χ0n) is 10.1. The molecule has 0 aliphatic heterocycles. The zero-order valence-corrected chi connectivity index (χ0v) is 10.1. The highest BCUT2D eigenvalue weighted by Gasteiger charge is 2.04. The van der Waals surface area contributed by atoms with Crippen LogP contribution in [-0.4, -0.2) is 29.9 Å². The number of allylic oxidation sites excluding steroid dienone is 1. The molecule has 0 bridgehead atoms. The molecule has 0 aromatic carbocycles. The Hall–Kier alpha value is -2.40. The molecule has 2 rings (SSSR count). The van der Waals surface area contributed by atoms with E-state index in [0.717, 1.165) is 22.2 Å². The Bertz CT molecular complexity index is 630. The largest absolute Gasteiger partial charge is 0.322 e. The minimum atomic E-state index is 0.573. The predicted molar refractivity (Wildman–Crippen MR) is 73.4 cm³/mol. The van der Waals surface area contributed by atoms with Gasteiger partial charge in [-0.15, -0.1) is 0 Å². The molecule has 0 aliphatic rings. The average molecular weight is 240 g/mol. The number of hydrogen-bond donors (Lipinski definition) is 2. The monoisotopic (exact) mass is 240 g/mol. The van der Waals surface area contributed by atoms with E-state index in [-0.39, 0.29) is 0 Å². The Morgan fingerprint density at radius 1 is 1.44 bits per heavy atom. The van der Waals surface area contributed by atoms with Gasteiger partial charge in [-0.3, -0.25) is 4.98 Å². The Morgan fingerprint density at radius 2 is 2.28 bits per heavy atom. The molecule has 0 saturated heterocycles. The minimum absolute atomic E-state index is 0.573. The van der Waals surface area contributed by atoms with Crippen molar-refractivity contribution in [2.24, 2.45) is 4.99 Å². The predicted octanol–water partition coefficient (Wildman–Crippen LogP) is 1.15. The number of hydrogen-bond acceptors (Lipinski definition) is 4. The molecule has 0 atom stereocenters. The van der Waals surface area contributed by atoms with Crippen molar-refractivity contribution in [3.63, 3.8) is 0 Å². The first-order chi connectivity index (χ1) is 8.78. The van der Waals surface area contributed by atoms with Gasteiger partial charge in [-0.1, -0.05) is 0 Å². The van der Waals surface area contributed by atoms with Gasteiger partial charge in [0.2, 0.25) is 0 Å². The number of fused-ring (bicyclic) bond motifs is 1. The molecule has 18 heavy (non-hydrogen) atoms. The fraction of sp³-hybridized carbons (Fsp3) is 0.0769. The molecule has 0 saturated carbocycles. The maximum absolute atomic E-state index is 7.40. The summed E-state index contributed by atoms with van der Waals surface area (Å²) in [7, 11) is 1.91. The fourth-order valence-electron chi connectivity index (χ4n) is 1.65. The van der Waals surface area contributed by atoms with Crippen LogP contribution in [0.2, 0.25) is 0 Å². The third-order valence-electron chi connectivity index (χ3n) is 2.52. The van der Waals surface area contributed by atoms with Gasteiger partial charge in [-0.25, -0.2) is 9.98 Å². The molecule has 0 amide bonds. The number of rotatable bonds is 4. The van der Waals surface area contributed by atoms with Crippen LogP contribution in [0, 0.1) is 5.41 Å². The lowest BCUT2D eigenvalue weighted by atomic mass is 10.1. The molecular weight excluding hydrogens is 226 g/mol. The van der Waals surface area contributed by atoms with E-state index in [1.165, 1.54) is 6.21 Å². The highest BCUT2D eigenvalue weighted by Crippen LogP contribution is 2.18. The van der Waals surface area contributed by atoms with Gasteiger partial charge in [0.25, 0.3) is 0 Å². The van der Waals surface area contributed by atoms with Crippen LogP contribution in [0.25, 0.3) is 16.6 Å². The Kier molecular flexibility index (Phi) is 3.54. The van der Waals surface area contributed by atoms with Crippen LogP contribution in [0.5, 0.6) is 0 Å². The van der Waals surface area contributed by atoms with Crippen molar-refractivity contribution >= 4 is 35.4 Å². The first-order valence-electron chi connectivity index (χ1n) is 5.52.